The first kappa shape index (κ1) is 15.2. The van der Waals surface area contributed by atoms with E-state index in [1.165, 1.54) is 0 Å². The Morgan fingerprint density at radius 2 is 1.88 bits per heavy atom. The molecule has 4 aromatic rings. The van der Waals surface area contributed by atoms with E-state index >= 15 is 0 Å². The Bertz CT molecular complexity index is 985. The molecule has 1 amide bonds. The molecule has 0 saturated carbocycles. The fourth-order valence-corrected chi connectivity index (χ4v) is 2.89. The summed E-state index contributed by atoms with van der Waals surface area (Å²) >= 11 is 0. The highest BCUT2D eigenvalue weighted by atomic mass is 16.3. The van der Waals surface area contributed by atoms with Gasteiger partial charge in [0.2, 0.25) is 0 Å². The maximum atomic E-state index is 12.8. The summed E-state index contributed by atoms with van der Waals surface area (Å²) in [4.78, 5) is 17.2. The van der Waals surface area contributed by atoms with Crippen LogP contribution in [-0.4, -0.2) is 15.5 Å². The molecule has 1 N–H and O–H groups in total. The van der Waals surface area contributed by atoms with Crippen LogP contribution in [0, 0.1) is 0 Å². The fourth-order valence-electron chi connectivity index (χ4n) is 2.89. The molecule has 0 bridgehead atoms. The molecule has 1 atom stereocenters. The first-order valence-electron chi connectivity index (χ1n) is 8.04. The zero-order chi connectivity index (χ0) is 17.2. The fraction of sp³-hybridized carbons (Fsp3) is 0.100. The van der Waals surface area contributed by atoms with Gasteiger partial charge in [-0.15, -0.1) is 0 Å². The van der Waals surface area contributed by atoms with Gasteiger partial charge in [-0.1, -0.05) is 48.5 Å². The molecular weight excluding hydrogens is 314 g/mol. The Balaban J connectivity index is 1.68. The number of aryl methyl sites for hydroxylation is 1. The second kappa shape index (κ2) is 6.28. The molecule has 124 valence electrons. The Labute approximate surface area is 144 Å². The van der Waals surface area contributed by atoms with Crippen molar-refractivity contribution in [3.8, 4) is 0 Å². The number of nitrogens with one attached hydrogen (secondary N) is 1. The summed E-state index contributed by atoms with van der Waals surface area (Å²) in [5.41, 5.74) is 1.65. The predicted octanol–water partition coefficient (Wildman–Crippen LogP) is 3.69. The Morgan fingerprint density at radius 3 is 2.60 bits per heavy atom. The average molecular weight is 331 g/mol. The lowest BCUT2D eigenvalue weighted by molar-refractivity contribution is 0.0915. The topological polar surface area (TPSA) is 60.1 Å². The number of amides is 1. The quantitative estimate of drug-likeness (QED) is 0.620. The molecule has 5 heteroatoms. The summed E-state index contributed by atoms with van der Waals surface area (Å²) in [6.45, 7) is 0. The van der Waals surface area contributed by atoms with Crippen molar-refractivity contribution in [3.05, 3.63) is 90.2 Å². The van der Waals surface area contributed by atoms with E-state index in [0.29, 0.717) is 5.58 Å². The first-order chi connectivity index (χ1) is 12.2. The van der Waals surface area contributed by atoms with Crippen molar-refractivity contribution >= 4 is 16.9 Å². The largest absolute Gasteiger partial charge is 0.451 e. The summed E-state index contributed by atoms with van der Waals surface area (Å²) in [6.07, 6.45) is 3.58. The van der Waals surface area contributed by atoms with Crippen molar-refractivity contribution in [3.63, 3.8) is 0 Å². The predicted molar refractivity (Wildman–Crippen MR) is 95.2 cm³/mol. The van der Waals surface area contributed by atoms with Gasteiger partial charge in [-0.05, 0) is 17.7 Å². The molecule has 2 heterocycles. The summed E-state index contributed by atoms with van der Waals surface area (Å²) in [7, 11) is 1.91. The molecule has 0 aliphatic heterocycles. The molecule has 0 aliphatic rings. The molecule has 0 spiro atoms. The van der Waals surface area contributed by atoms with Gasteiger partial charge in [-0.3, -0.25) is 4.79 Å². The number of nitrogens with zero attached hydrogens (tertiary/aromatic N) is 2. The van der Waals surface area contributed by atoms with Crippen LogP contribution >= 0.6 is 0 Å². The van der Waals surface area contributed by atoms with Gasteiger partial charge in [-0.25, -0.2) is 4.98 Å². The van der Waals surface area contributed by atoms with Gasteiger partial charge >= 0.3 is 0 Å². The van der Waals surface area contributed by atoms with E-state index in [0.717, 1.165) is 16.8 Å². The normalized spacial score (nSPS) is 12.2. The van der Waals surface area contributed by atoms with Crippen LogP contribution in [0.25, 0.3) is 11.0 Å². The second-order valence-electron chi connectivity index (χ2n) is 5.86. The zero-order valence-electron chi connectivity index (χ0n) is 13.7. The van der Waals surface area contributed by atoms with Crippen molar-refractivity contribution in [1.82, 2.24) is 14.9 Å². The van der Waals surface area contributed by atoms with Crippen LogP contribution < -0.4 is 5.32 Å². The van der Waals surface area contributed by atoms with E-state index in [-0.39, 0.29) is 17.7 Å². The van der Waals surface area contributed by atoms with Gasteiger partial charge in [0, 0.05) is 24.8 Å². The minimum atomic E-state index is -0.359. The van der Waals surface area contributed by atoms with Crippen LogP contribution in [0.3, 0.4) is 0 Å². The highest BCUT2D eigenvalue weighted by Gasteiger charge is 2.23. The number of imidazole rings is 1. The van der Waals surface area contributed by atoms with Crippen molar-refractivity contribution in [2.45, 2.75) is 6.04 Å². The van der Waals surface area contributed by atoms with Crippen LogP contribution in [0.2, 0.25) is 0 Å². The number of carbonyl (C=O) groups excluding carboxylic acids is 1. The average Bonchev–Trinajstić information content (AvgIpc) is 3.26. The van der Waals surface area contributed by atoms with E-state index in [9.17, 15) is 4.79 Å². The van der Waals surface area contributed by atoms with Crippen molar-refractivity contribution in [2.24, 2.45) is 7.05 Å². The lowest BCUT2D eigenvalue weighted by atomic mass is 10.1. The lowest BCUT2D eigenvalue weighted by Gasteiger charge is -2.18. The molecule has 0 saturated heterocycles. The molecule has 2 aromatic heterocycles. The van der Waals surface area contributed by atoms with E-state index in [1.54, 1.807) is 12.3 Å². The Hall–Kier alpha value is -3.34. The van der Waals surface area contributed by atoms with Gasteiger partial charge in [0.15, 0.2) is 5.76 Å². The van der Waals surface area contributed by atoms with E-state index in [1.807, 2.05) is 72.4 Å². The number of benzene rings is 2. The molecule has 25 heavy (non-hydrogen) atoms. The van der Waals surface area contributed by atoms with Crippen molar-refractivity contribution in [1.29, 1.82) is 0 Å². The third-order valence-corrected chi connectivity index (χ3v) is 4.17. The van der Waals surface area contributed by atoms with E-state index in [4.69, 9.17) is 4.42 Å². The third kappa shape index (κ3) is 2.92. The highest BCUT2D eigenvalue weighted by molar-refractivity contribution is 5.96. The van der Waals surface area contributed by atoms with E-state index < -0.39 is 0 Å². The van der Waals surface area contributed by atoms with E-state index in [2.05, 4.69) is 10.3 Å². The van der Waals surface area contributed by atoms with Crippen LogP contribution in [0.5, 0.6) is 0 Å². The van der Waals surface area contributed by atoms with Gasteiger partial charge in [0.25, 0.3) is 5.91 Å². The standard InChI is InChI=1S/C20H17N3O2/c1-23-12-11-21-19(23)18(14-7-3-2-4-8-14)22-20(24)17-13-15-9-5-6-10-16(15)25-17/h2-13,18H,1H3,(H,22,24). The lowest BCUT2D eigenvalue weighted by Crippen LogP contribution is -2.30. The minimum Gasteiger partial charge on any atom is -0.451 e. The van der Waals surface area contributed by atoms with Gasteiger partial charge in [0.05, 0.1) is 0 Å². The maximum absolute atomic E-state index is 12.8. The first-order valence-corrected chi connectivity index (χ1v) is 8.04. The molecule has 5 nitrogen and oxygen atoms in total. The van der Waals surface area contributed by atoms with Gasteiger partial charge < -0.3 is 14.3 Å². The molecule has 0 fully saturated rings. The molecule has 1 unspecified atom stereocenters. The Kier molecular flexibility index (Phi) is 3.82. The number of hydrogen-bond donors (Lipinski definition) is 1. The number of fused-ring (bicyclic) bond motifs is 1. The van der Waals surface area contributed by atoms with Crippen LogP contribution in [0.4, 0.5) is 0 Å². The summed E-state index contributed by atoms with van der Waals surface area (Å²) < 4.78 is 7.57. The number of furan rings is 1. The van der Waals surface area contributed by atoms with Crippen molar-refractivity contribution in [2.75, 3.05) is 0 Å². The number of para-hydroxylation sites is 1. The van der Waals surface area contributed by atoms with Crippen molar-refractivity contribution < 1.29 is 9.21 Å². The molecule has 0 aliphatic carbocycles. The van der Waals surface area contributed by atoms with Gasteiger partial charge in [0.1, 0.15) is 17.4 Å². The number of hydrogen-bond acceptors (Lipinski definition) is 3. The number of aromatic nitrogens is 2. The van der Waals surface area contributed by atoms with Crippen LogP contribution in [-0.2, 0) is 7.05 Å². The van der Waals surface area contributed by atoms with Crippen LogP contribution in [0.1, 0.15) is 28.0 Å². The minimum absolute atomic E-state index is 0.270. The molecular formula is C20H17N3O2. The number of carbonyl (C=O) groups is 1. The maximum Gasteiger partial charge on any atom is 0.287 e. The summed E-state index contributed by atoms with van der Waals surface area (Å²) in [6, 6.07) is 18.7. The van der Waals surface area contributed by atoms with Crippen LogP contribution in [0.15, 0.2) is 77.5 Å². The SMILES string of the molecule is Cn1ccnc1C(NC(=O)c1cc2ccccc2o1)c1ccccc1. The molecule has 2 aromatic carbocycles. The second-order valence-corrected chi connectivity index (χ2v) is 5.86. The third-order valence-electron chi connectivity index (χ3n) is 4.17. The molecule has 4 rings (SSSR count). The Morgan fingerprint density at radius 1 is 1.12 bits per heavy atom. The summed E-state index contributed by atoms with van der Waals surface area (Å²) in [5, 5.41) is 3.94. The molecule has 0 radical (unpaired) electrons. The van der Waals surface area contributed by atoms with Gasteiger partial charge in [-0.2, -0.15) is 0 Å². The zero-order valence-corrected chi connectivity index (χ0v) is 13.7. The summed E-state index contributed by atoms with van der Waals surface area (Å²) in [5.74, 6) is 0.778. The monoisotopic (exact) mass is 331 g/mol. The smallest absolute Gasteiger partial charge is 0.287 e. The number of rotatable bonds is 4. The highest BCUT2D eigenvalue weighted by Crippen LogP contribution is 2.23.